The molecule has 0 saturated carbocycles. The molecule has 0 N–H and O–H groups in total. The Labute approximate surface area is 131 Å². The Morgan fingerprint density at radius 2 is 1.86 bits per heavy atom. The molecular formula is C17H24N4O. The van der Waals surface area contributed by atoms with Gasteiger partial charge in [0, 0.05) is 24.8 Å². The van der Waals surface area contributed by atoms with Gasteiger partial charge in [-0.1, -0.05) is 13.8 Å². The fourth-order valence-corrected chi connectivity index (χ4v) is 2.98. The van der Waals surface area contributed by atoms with Crippen LogP contribution in [0.4, 0.5) is 0 Å². The molecule has 1 saturated heterocycles. The molecule has 0 bridgehead atoms. The second-order valence-corrected chi connectivity index (χ2v) is 6.67. The van der Waals surface area contributed by atoms with Crippen molar-refractivity contribution in [2.75, 3.05) is 13.1 Å². The van der Waals surface area contributed by atoms with Gasteiger partial charge in [0.05, 0.1) is 17.1 Å². The minimum Gasteiger partial charge on any atom is -0.339 e. The zero-order chi connectivity index (χ0) is 15.9. The fraction of sp³-hybridized carbons (Fsp3) is 0.588. The topological polar surface area (TPSA) is 51.0 Å². The first-order valence-corrected chi connectivity index (χ1v) is 8.16. The summed E-state index contributed by atoms with van der Waals surface area (Å²) in [4.78, 5) is 19.6. The largest absolute Gasteiger partial charge is 0.339 e. The number of likely N-dealkylation sites (tertiary alicyclic amines) is 1. The molecule has 3 heterocycles. The van der Waals surface area contributed by atoms with Crippen LogP contribution in [0.15, 0.2) is 12.3 Å². The quantitative estimate of drug-likeness (QED) is 0.873. The fourth-order valence-electron chi connectivity index (χ4n) is 2.98. The molecule has 0 spiro atoms. The van der Waals surface area contributed by atoms with E-state index < -0.39 is 0 Å². The van der Waals surface area contributed by atoms with Crippen molar-refractivity contribution < 1.29 is 4.79 Å². The maximum absolute atomic E-state index is 12.9. The molecule has 2 aromatic heterocycles. The van der Waals surface area contributed by atoms with Gasteiger partial charge in [-0.15, -0.1) is 0 Å². The van der Waals surface area contributed by atoms with Crippen molar-refractivity contribution in [2.24, 2.45) is 0 Å². The Morgan fingerprint density at radius 3 is 2.45 bits per heavy atom. The van der Waals surface area contributed by atoms with Crippen molar-refractivity contribution in [1.29, 1.82) is 0 Å². The van der Waals surface area contributed by atoms with E-state index in [9.17, 15) is 4.79 Å². The van der Waals surface area contributed by atoms with E-state index in [1.165, 1.54) is 0 Å². The first-order valence-electron chi connectivity index (χ1n) is 8.16. The molecule has 0 atom stereocenters. The van der Waals surface area contributed by atoms with Gasteiger partial charge >= 0.3 is 0 Å². The van der Waals surface area contributed by atoms with E-state index in [1.54, 1.807) is 6.20 Å². The predicted molar refractivity (Wildman–Crippen MR) is 87.1 cm³/mol. The maximum Gasteiger partial charge on any atom is 0.254 e. The smallest absolute Gasteiger partial charge is 0.254 e. The summed E-state index contributed by atoms with van der Waals surface area (Å²) in [5, 5.41) is 5.32. The normalized spacial score (nSPS) is 15.5. The summed E-state index contributed by atoms with van der Waals surface area (Å²) in [7, 11) is 0. The lowest BCUT2D eigenvalue weighted by Crippen LogP contribution is -2.28. The Bertz CT molecular complexity index is 696. The number of pyridine rings is 1. The van der Waals surface area contributed by atoms with Gasteiger partial charge in [0.2, 0.25) is 0 Å². The molecule has 5 heteroatoms. The lowest BCUT2D eigenvalue weighted by molar-refractivity contribution is 0.0794. The number of fused-ring (bicyclic) bond motifs is 1. The van der Waals surface area contributed by atoms with Crippen LogP contribution >= 0.6 is 0 Å². The molecule has 2 aromatic rings. The number of nitrogens with zero attached hydrogens (tertiary/aromatic N) is 4. The summed E-state index contributed by atoms with van der Waals surface area (Å²) in [5.41, 5.74) is 2.53. The van der Waals surface area contributed by atoms with Crippen molar-refractivity contribution in [1.82, 2.24) is 19.7 Å². The van der Waals surface area contributed by atoms with Crippen LogP contribution in [0, 0.1) is 0 Å². The van der Waals surface area contributed by atoms with Gasteiger partial charge in [0.25, 0.3) is 5.91 Å². The van der Waals surface area contributed by atoms with Crippen LogP contribution in [0.3, 0.4) is 0 Å². The zero-order valence-corrected chi connectivity index (χ0v) is 13.8. The number of aromatic nitrogens is 3. The Balaban J connectivity index is 2.16. The second-order valence-electron chi connectivity index (χ2n) is 6.67. The highest BCUT2D eigenvalue weighted by Gasteiger charge is 2.24. The van der Waals surface area contributed by atoms with Gasteiger partial charge in [-0.25, -0.2) is 9.67 Å². The second kappa shape index (κ2) is 5.71. The summed E-state index contributed by atoms with van der Waals surface area (Å²) in [6, 6.07) is 2.18. The summed E-state index contributed by atoms with van der Waals surface area (Å²) in [6.45, 7) is 10.1. The minimum atomic E-state index is 0.120. The van der Waals surface area contributed by atoms with E-state index in [-0.39, 0.29) is 17.9 Å². The van der Waals surface area contributed by atoms with Gasteiger partial charge in [-0.2, -0.15) is 5.10 Å². The van der Waals surface area contributed by atoms with E-state index in [2.05, 4.69) is 32.8 Å². The van der Waals surface area contributed by atoms with Gasteiger partial charge < -0.3 is 4.90 Å². The van der Waals surface area contributed by atoms with Gasteiger partial charge in [0.1, 0.15) is 0 Å². The third kappa shape index (κ3) is 2.49. The van der Waals surface area contributed by atoms with Crippen molar-refractivity contribution in [3.63, 3.8) is 0 Å². The number of carbonyl (C=O) groups is 1. The minimum absolute atomic E-state index is 0.120. The number of amides is 1. The van der Waals surface area contributed by atoms with Crippen LogP contribution in [0.5, 0.6) is 0 Å². The molecule has 1 aliphatic rings. The van der Waals surface area contributed by atoms with Gasteiger partial charge in [0.15, 0.2) is 5.65 Å². The molecule has 0 unspecified atom stereocenters. The summed E-state index contributed by atoms with van der Waals surface area (Å²) in [6.07, 6.45) is 3.99. The highest BCUT2D eigenvalue weighted by atomic mass is 16.2. The molecule has 5 nitrogen and oxygen atoms in total. The molecule has 0 aromatic carbocycles. The van der Waals surface area contributed by atoms with Crippen LogP contribution in [-0.2, 0) is 0 Å². The molecular weight excluding hydrogens is 276 g/mol. The summed E-state index contributed by atoms with van der Waals surface area (Å²) in [5.74, 6) is 0.403. The van der Waals surface area contributed by atoms with Crippen LogP contribution in [-0.4, -0.2) is 38.7 Å². The van der Waals surface area contributed by atoms with Gasteiger partial charge in [-0.05, 0) is 38.7 Å². The zero-order valence-electron chi connectivity index (χ0n) is 13.8. The molecule has 1 amide bonds. The first-order chi connectivity index (χ1) is 10.5. The van der Waals surface area contributed by atoms with E-state index >= 15 is 0 Å². The Morgan fingerprint density at radius 1 is 1.18 bits per heavy atom. The lowest BCUT2D eigenvalue weighted by Gasteiger charge is -2.17. The van der Waals surface area contributed by atoms with E-state index in [0.717, 1.165) is 48.2 Å². The molecule has 0 aliphatic carbocycles. The average Bonchev–Trinajstić information content (AvgIpc) is 3.14. The van der Waals surface area contributed by atoms with Crippen molar-refractivity contribution in [2.45, 2.75) is 52.5 Å². The summed E-state index contributed by atoms with van der Waals surface area (Å²) >= 11 is 0. The maximum atomic E-state index is 12.9. The van der Waals surface area contributed by atoms with Crippen LogP contribution < -0.4 is 0 Å². The van der Waals surface area contributed by atoms with Gasteiger partial charge in [-0.3, -0.25) is 4.79 Å². The molecule has 3 rings (SSSR count). The van der Waals surface area contributed by atoms with Crippen molar-refractivity contribution >= 4 is 16.9 Å². The average molecular weight is 300 g/mol. The molecule has 118 valence electrons. The van der Waals surface area contributed by atoms with Crippen molar-refractivity contribution in [3.8, 4) is 0 Å². The highest BCUT2D eigenvalue weighted by Crippen LogP contribution is 2.26. The number of carbonyl (C=O) groups excluding carboxylic acids is 1. The van der Waals surface area contributed by atoms with Crippen LogP contribution in [0.2, 0.25) is 0 Å². The number of hydrogen-bond donors (Lipinski definition) is 0. The molecule has 0 radical (unpaired) electrons. The van der Waals surface area contributed by atoms with Crippen LogP contribution in [0.25, 0.3) is 11.0 Å². The Kier molecular flexibility index (Phi) is 3.89. The highest BCUT2D eigenvalue weighted by molar-refractivity contribution is 6.05. The number of rotatable bonds is 3. The third-order valence-electron chi connectivity index (χ3n) is 4.29. The monoisotopic (exact) mass is 300 g/mol. The first kappa shape index (κ1) is 15.0. The van der Waals surface area contributed by atoms with E-state index in [0.29, 0.717) is 0 Å². The van der Waals surface area contributed by atoms with Crippen molar-refractivity contribution in [3.05, 3.63) is 23.5 Å². The summed E-state index contributed by atoms with van der Waals surface area (Å²) < 4.78 is 1.90. The Hall–Kier alpha value is -1.91. The lowest BCUT2D eigenvalue weighted by atomic mass is 10.0. The standard InChI is InChI=1S/C17H24N4O/c1-11(2)15-9-13(17(22)20-7-5-6-8-20)14-10-18-21(12(3)4)16(14)19-15/h9-12H,5-8H2,1-4H3. The molecule has 1 aliphatic heterocycles. The van der Waals surface area contributed by atoms with Crippen LogP contribution in [0.1, 0.15) is 68.5 Å². The third-order valence-corrected chi connectivity index (χ3v) is 4.29. The molecule has 22 heavy (non-hydrogen) atoms. The van der Waals surface area contributed by atoms with E-state index in [1.807, 2.05) is 15.6 Å². The molecule has 1 fully saturated rings. The number of hydrogen-bond acceptors (Lipinski definition) is 3. The predicted octanol–water partition coefficient (Wildman–Crippen LogP) is 3.37. The SMILES string of the molecule is CC(C)c1cc(C(=O)N2CCCC2)c2cnn(C(C)C)c2n1. The van der Waals surface area contributed by atoms with E-state index in [4.69, 9.17) is 4.98 Å².